The van der Waals surface area contributed by atoms with Crippen molar-refractivity contribution in [1.82, 2.24) is 10.2 Å². The molecule has 1 aromatic heterocycles. The largest absolute Gasteiger partial charge is 0.497 e. The molecule has 1 N–H and O–H groups in total. The summed E-state index contributed by atoms with van der Waals surface area (Å²) in [5, 5.41) is 6.86. The molecule has 6 heteroatoms. The Bertz CT molecular complexity index is 605. The van der Waals surface area contributed by atoms with Crippen LogP contribution in [0.3, 0.4) is 0 Å². The minimum atomic E-state index is 0.348. The molecule has 0 spiro atoms. The smallest absolute Gasteiger partial charge is 0.150 e. The summed E-state index contributed by atoms with van der Waals surface area (Å²) in [6.45, 7) is 0. The Morgan fingerprint density at radius 1 is 1.11 bits per heavy atom. The topological polar surface area (TPSA) is 47.1 Å². The van der Waals surface area contributed by atoms with E-state index in [-0.39, 0.29) is 0 Å². The van der Waals surface area contributed by atoms with Gasteiger partial charge in [-0.2, -0.15) is 5.10 Å². The van der Waals surface area contributed by atoms with Crippen LogP contribution >= 0.6 is 23.8 Å². The number of nitrogens with one attached hydrogen (secondary N) is 1. The van der Waals surface area contributed by atoms with Gasteiger partial charge < -0.3 is 9.47 Å². The first-order chi connectivity index (χ1) is 8.63. The zero-order chi connectivity index (χ0) is 13.1. The molecule has 1 aromatic carbocycles. The molecule has 0 saturated heterocycles. The van der Waals surface area contributed by atoms with E-state index in [0.29, 0.717) is 21.3 Å². The Hall–Kier alpha value is -1.59. The third kappa shape index (κ3) is 2.63. The van der Waals surface area contributed by atoms with Crippen molar-refractivity contribution >= 4 is 23.8 Å². The van der Waals surface area contributed by atoms with Gasteiger partial charge in [-0.15, -0.1) is 0 Å². The predicted molar refractivity (Wildman–Crippen MR) is 73.0 cm³/mol. The zero-order valence-corrected chi connectivity index (χ0v) is 11.4. The Morgan fingerprint density at radius 3 is 2.28 bits per heavy atom. The van der Waals surface area contributed by atoms with E-state index in [0.717, 1.165) is 11.1 Å². The molecule has 0 atom stereocenters. The summed E-state index contributed by atoms with van der Waals surface area (Å²) in [6, 6.07) is 7.21. The minimum absolute atomic E-state index is 0.348. The maximum Gasteiger partial charge on any atom is 0.150 e. The van der Waals surface area contributed by atoms with Gasteiger partial charge in [-0.25, -0.2) is 0 Å². The van der Waals surface area contributed by atoms with E-state index < -0.39 is 0 Å². The second-order valence-electron chi connectivity index (χ2n) is 3.53. The Morgan fingerprint density at radius 2 is 1.72 bits per heavy atom. The number of methoxy groups -OCH3 is 2. The molecule has 94 valence electrons. The van der Waals surface area contributed by atoms with E-state index >= 15 is 0 Å². The quantitative estimate of drug-likeness (QED) is 0.876. The lowest BCUT2D eigenvalue weighted by Crippen LogP contribution is -1.91. The summed E-state index contributed by atoms with van der Waals surface area (Å²) in [6.07, 6.45) is 0. The van der Waals surface area contributed by atoms with Gasteiger partial charge in [0.05, 0.1) is 14.2 Å². The molecule has 0 fully saturated rings. The van der Waals surface area contributed by atoms with E-state index in [1.807, 2.05) is 12.1 Å². The minimum Gasteiger partial charge on any atom is -0.497 e. The highest BCUT2D eigenvalue weighted by Gasteiger charge is 2.07. The SMILES string of the molecule is COc1cc(OC)cc(-c2cc(Cl)n[nH]c2=S)c1. The molecule has 0 saturated carbocycles. The van der Waals surface area contributed by atoms with Crippen LogP contribution in [0.1, 0.15) is 0 Å². The number of hydrogen-bond donors (Lipinski definition) is 1. The molecule has 1 heterocycles. The molecule has 2 rings (SSSR count). The zero-order valence-electron chi connectivity index (χ0n) is 9.86. The van der Waals surface area contributed by atoms with Crippen LogP contribution in [0, 0.1) is 4.64 Å². The van der Waals surface area contributed by atoms with Crippen molar-refractivity contribution in [3.05, 3.63) is 34.1 Å². The standard InChI is InChI=1S/C12H11ClN2O2S/c1-16-8-3-7(4-9(5-8)17-2)10-6-11(13)14-15-12(10)18/h3-6H,1-2H3,(H,15,18). The van der Waals surface area contributed by atoms with Crippen molar-refractivity contribution in [2.45, 2.75) is 0 Å². The summed E-state index contributed by atoms with van der Waals surface area (Å²) in [4.78, 5) is 0. The summed E-state index contributed by atoms with van der Waals surface area (Å²) in [5.41, 5.74) is 1.64. The van der Waals surface area contributed by atoms with E-state index in [4.69, 9.17) is 33.3 Å². The molecule has 0 aliphatic heterocycles. The summed E-state index contributed by atoms with van der Waals surface area (Å²) < 4.78 is 10.9. The molecule has 0 aliphatic rings. The lowest BCUT2D eigenvalue weighted by Gasteiger charge is -2.08. The van der Waals surface area contributed by atoms with E-state index in [2.05, 4.69) is 10.2 Å². The molecular formula is C12H11ClN2O2S. The van der Waals surface area contributed by atoms with E-state index in [1.54, 1.807) is 26.4 Å². The number of ether oxygens (including phenoxy) is 2. The number of hydrogen-bond acceptors (Lipinski definition) is 4. The van der Waals surface area contributed by atoms with Crippen LogP contribution in [0.5, 0.6) is 11.5 Å². The van der Waals surface area contributed by atoms with Crippen LogP contribution in [-0.4, -0.2) is 24.4 Å². The molecule has 0 aliphatic carbocycles. The second-order valence-corrected chi connectivity index (χ2v) is 4.33. The maximum absolute atomic E-state index is 5.86. The maximum atomic E-state index is 5.86. The van der Waals surface area contributed by atoms with Gasteiger partial charge in [0, 0.05) is 11.6 Å². The first-order valence-electron chi connectivity index (χ1n) is 5.12. The third-order valence-electron chi connectivity index (χ3n) is 2.43. The fourth-order valence-corrected chi connectivity index (χ4v) is 1.93. The van der Waals surface area contributed by atoms with Crippen LogP contribution in [0.4, 0.5) is 0 Å². The normalized spacial score (nSPS) is 10.2. The Labute approximate surface area is 115 Å². The van der Waals surface area contributed by atoms with Gasteiger partial charge >= 0.3 is 0 Å². The van der Waals surface area contributed by atoms with Crippen molar-refractivity contribution in [2.24, 2.45) is 0 Å². The number of aromatic amines is 1. The molecule has 18 heavy (non-hydrogen) atoms. The van der Waals surface area contributed by atoms with Crippen LogP contribution < -0.4 is 9.47 Å². The van der Waals surface area contributed by atoms with Gasteiger partial charge in [0.25, 0.3) is 0 Å². The Kier molecular flexibility index (Phi) is 3.84. The number of benzene rings is 1. The molecule has 4 nitrogen and oxygen atoms in total. The highest BCUT2D eigenvalue weighted by Crippen LogP contribution is 2.30. The monoisotopic (exact) mass is 282 g/mol. The van der Waals surface area contributed by atoms with Crippen molar-refractivity contribution in [1.29, 1.82) is 0 Å². The van der Waals surface area contributed by atoms with Gasteiger partial charge in [-0.3, -0.25) is 5.10 Å². The number of H-pyrrole nitrogens is 1. The molecule has 0 bridgehead atoms. The summed E-state index contributed by atoms with van der Waals surface area (Å²) in [5.74, 6) is 1.37. The van der Waals surface area contributed by atoms with Gasteiger partial charge in [0.1, 0.15) is 21.3 Å². The van der Waals surface area contributed by atoms with Crippen molar-refractivity contribution in [2.75, 3.05) is 14.2 Å². The first kappa shape index (κ1) is 12.9. The van der Waals surface area contributed by atoms with Gasteiger partial charge in [-0.1, -0.05) is 23.8 Å². The van der Waals surface area contributed by atoms with Crippen LogP contribution in [0.2, 0.25) is 5.15 Å². The fraction of sp³-hybridized carbons (Fsp3) is 0.167. The lowest BCUT2D eigenvalue weighted by atomic mass is 10.1. The van der Waals surface area contributed by atoms with Gasteiger partial charge in [0.2, 0.25) is 0 Å². The van der Waals surface area contributed by atoms with Crippen LogP contribution in [0.25, 0.3) is 11.1 Å². The van der Waals surface area contributed by atoms with Crippen molar-refractivity contribution in [3.63, 3.8) is 0 Å². The van der Waals surface area contributed by atoms with Crippen LogP contribution in [0.15, 0.2) is 24.3 Å². The van der Waals surface area contributed by atoms with Gasteiger partial charge in [-0.05, 0) is 23.8 Å². The number of halogens is 1. The highest BCUT2D eigenvalue weighted by molar-refractivity contribution is 7.71. The molecule has 0 unspecified atom stereocenters. The first-order valence-corrected chi connectivity index (χ1v) is 5.91. The predicted octanol–water partition coefficient (Wildman–Crippen LogP) is 3.48. The third-order valence-corrected chi connectivity index (χ3v) is 2.94. The van der Waals surface area contributed by atoms with E-state index in [1.165, 1.54) is 0 Å². The van der Waals surface area contributed by atoms with Crippen molar-refractivity contribution in [3.8, 4) is 22.6 Å². The summed E-state index contributed by atoms with van der Waals surface area (Å²) >= 11 is 11.1. The second kappa shape index (κ2) is 5.37. The van der Waals surface area contributed by atoms with E-state index in [9.17, 15) is 0 Å². The number of aromatic nitrogens is 2. The lowest BCUT2D eigenvalue weighted by molar-refractivity contribution is 0.394. The highest BCUT2D eigenvalue weighted by atomic mass is 35.5. The van der Waals surface area contributed by atoms with Gasteiger partial charge in [0.15, 0.2) is 0 Å². The van der Waals surface area contributed by atoms with Crippen LogP contribution in [-0.2, 0) is 0 Å². The molecule has 2 aromatic rings. The number of rotatable bonds is 3. The Balaban J connectivity index is 2.62. The average molecular weight is 283 g/mol. The molecule has 0 amide bonds. The molecule has 0 radical (unpaired) electrons. The number of nitrogens with zero attached hydrogens (tertiary/aromatic N) is 1. The molecular weight excluding hydrogens is 272 g/mol. The fourth-order valence-electron chi connectivity index (χ4n) is 1.56. The van der Waals surface area contributed by atoms with Crippen molar-refractivity contribution < 1.29 is 9.47 Å². The average Bonchev–Trinajstić information content (AvgIpc) is 2.40. The summed E-state index contributed by atoms with van der Waals surface area (Å²) in [7, 11) is 3.19.